The van der Waals surface area contributed by atoms with Crippen molar-refractivity contribution in [2.75, 3.05) is 65.4 Å². The Morgan fingerprint density at radius 1 is 0.353 bits per heavy atom. The van der Waals surface area contributed by atoms with Crippen LogP contribution in [0.25, 0.3) is 53.8 Å². The minimum absolute atomic E-state index is 0.0351. The number of nitrogens with one attached hydrogen (secondary N) is 5. The summed E-state index contributed by atoms with van der Waals surface area (Å²) in [6.45, 7) is 20.8. The summed E-state index contributed by atoms with van der Waals surface area (Å²) in [6.07, 6.45) is 0.967. The lowest BCUT2D eigenvalue weighted by atomic mass is 9.86. The van der Waals surface area contributed by atoms with Crippen molar-refractivity contribution in [1.82, 2.24) is 71.2 Å². The van der Waals surface area contributed by atoms with Gasteiger partial charge in [0.25, 0.3) is 0 Å². The van der Waals surface area contributed by atoms with Crippen molar-refractivity contribution in [2.45, 2.75) is 131 Å². The minimum Gasteiger partial charge on any atom is -0.506 e. The second-order valence-electron chi connectivity index (χ2n) is 36.6. The molecule has 0 radical (unpaired) electrons. The summed E-state index contributed by atoms with van der Waals surface area (Å²) in [5.41, 5.74) is 23.9. The highest BCUT2D eigenvalue weighted by molar-refractivity contribution is 7.81. The van der Waals surface area contributed by atoms with Crippen LogP contribution in [0.4, 0.5) is 13.2 Å². The van der Waals surface area contributed by atoms with Gasteiger partial charge in [-0.2, -0.15) is 48.9 Å². The average Bonchev–Trinajstić information content (AvgIpc) is 1.59. The number of likely N-dealkylation sites (tertiary alicyclic amines) is 5. The van der Waals surface area contributed by atoms with E-state index in [-0.39, 0.29) is 75.1 Å². The zero-order chi connectivity index (χ0) is 110. The molecule has 150 heavy (non-hydrogen) atoms. The van der Waals surface area contributed by atoms with Gasteiger partial charge in [-0.1, -0.05) is 139 Å². The van der Waals surface area contributed by atoms with E-state index in [1.165, 1.54) is 61.1 Å². The normalized spacial score (nSPS) is 15.5. The number of carbonyl (C=O) groups is 5. The van der Waals surface area contributed by atoms with Crippen LogP contribution in [0.15, 0.2) is 151 Å². The van der Waals surface area contributed by atoms with Crippen molar-refractivity contribution >= 4 is 237 Å². The summed E-state index contributed by atoms with van der Waals surface area (Å²) < 4.78 is 41.3. The van der Waals surface area contributed by atoms with Crippen molar-refractivity contribution in [3.8, 4) is 82.6 Å². The van der Waals surface area contributed by atoms with E-state index in [0.717, 1.165) is 38.6 Å². The molecular formula is C100H111Cl5F3N19O15S8. The number of aromatic nitrogens is 4. The monoisotopic (exact) mass is 2310 g/mol. The van der Waals surface area contributed by atoms with Gasteiger partial charge in [0.05, 0.1) is 115 Å². The molecule has 0 bridgehead atoms. The number of aliphatic carboxylic acids is 5. The lowest BCUT2D eigenvalue weighted by Gasteiger charge is -2.31. The smallest absolute Gasteiger partial charge is 0.416 e. The van der Waals surface area contributed by atoms with Gasteiger partial charge in [-0.15, -0.1) is 34.0 Å². The number of alkyl halides is 3. The molecule has 0 spiro atoms. The first-order valence-electron chi connectivity index (χ1n) is 46.9. The van der Waals surface area contributed by atoms with Crippen molar-refractivity contribution in [3.63, 3.8) is 0 Å². The lowest BCUT2D eigenvalue weighted by molar-refractivity contribution is -0.143. The van der Waals surface area contributed by atoms with Crippen molar-refractivity contribution in [2.24, 2.45) is 69.2 Å². The summed E-state index contributed by atoms with van der Waals surface area (Å²) in [6, 6.07) is 30.3. The number of benzene rings is 5. The van der Waals surface area contributed by atoms with Gasteiger partial charge in [0.15, 0.2) is 48.4 Å². The first kappa shape index (κ1) is 118. The summed E-state index contributed by atoms with van der Waals surface area (Å²) in [7, 11) is 3.27. The average molecular weight is 2310 g/mol. The molecule has 34 nitrogen and oxygen atoms in total. The Morgan fingerprint density at radius 2 is 0.613 bits per heavy atom. The van der Waals surface area contributed by atoms with Crippen LogP contribution in [0, 0.1) is 29.6 Å². The lowest BCUT2D eigenvalue weighted by Crippen LogP contribution is -2.44. The molecular weight excluding hydrogens is 2200 g/mol. The van der Waals surface area contributed by atoms with E-state index in [9.17, 15) is 62.7 Å². The topological polar surface area (TPSA) is 461 Å². The first-order chi connectivity index (χ1) is 70.9. The zero-order valence-electron chi connectivity index (χ0n) is 82.7. The van der Waals surface area contributed by atoms with Crippen LogP contribution < -0.4 is 27.1 Å². The molecule has 5 aliphatic rings. The number of hydrazone groups is 5. The summed E-state index contributed by atoms with van der Waals surface area (Å²) >= 11 is 61.2. The van der Waals surface area contributed by atoms with Gasteiger partial charge in [0.1, 0.15) is 28.6 Å². The fraction of sp³-hybridized carbons (Fsp3) is 0.370. The molecule has 0 aliphatic carbocycles. The highest BCUT2D eigenvalue weighted by atomic mass is 35.5. The van der Waals surface area contributed by atoms with Crippen molar-refractivity contribution in [1.29, 1.82) is 0 Å². The number of nitrogens with zero attached hydrogens (tertiary/aromatic N) is 14. The SMILES string of the molecule is C/C(=N\NC(=S)N1CCC(C(=O)O)CC1)c1csc(-c2ccc(C(C)(C)C)cc2)c1O.C/C(=N\NC(=S)N1CCC(C(=O)O)CC1)c1csc(-c2ccc(Cl)c(Cl)c2)c1O.C/C(=N\NC(=S)N1CCC(C(=O)O)CC1)c1csc(-c2cccc(Cl)c2)c1O.C/C(=N\NC(=S)N1CCC(C(=O)O)CC1)c1nn(C)c(-c2ccc(C(F)(F)F)cc2)c1O.C/C(=N\NC(=S)N1CCC(C(=O)O)CC1)c1nn(C)c(-c2ccc(Cl)c(Cl)c2)c1O. The molecule has 5 saturated heterocycles. The van der Waals surface area contributed by atoms with Gasteiger partial charge in [-0.3, -0.25) is 60.5 Å². The molecule has 800 valence electrons. The van der Waals surface area contributed by atoms with Crippen molar-refractivity contribution in [3.05, 3.63) is 190 Å². The van der Waals surface area contributed by atoms with Gasteiger partial charge < -0.3 is 75.6 Å². The molecule has 0 unspecified atom stereocenters. The number of thiocarbonyl (C=S) groups is 5. The van der Waals surface area contributed by atoms with Gasteiger partial charge >= 0.3 is 36.0 Å². The van der Waals surface area contributed by atoms with E-state index >= 15 is 0 Å². The third-order valence-corrected chi connectivity index (χ3v) is 31.9. The molecule has 15 rings (SSSR count). The molecule has 50 heteroatoms. The molecule has 5 aromatic heterocycles. The predicted octanol–water partition coefficient (Wildman–Crippen LogP) is 20.5. The molecule has 0 amide bonds. The van der Waals surface area contributed by atoms with Crippen LogP contribution in [0.2, 0.25) is 25.1 Å². The molecule has 10 aromatic rings. The highest BCUT2D eigenvalue weighted by Gasteiger charge is 2.35. The molecule has 5 aliphatic heterocycles. The van der Waals surface area contributed by atoms with E-state index in [0.29, 0.717) is 253 Å². The van der Waals surface area contributed by atoms with Crippen LogP contribution in [-0.4, -0.2) is 245 Å². The maximum Gasteiger partial charge on any atom is 0.416 e. The van der Waals surface area contributed by atoms with E-state index in [4.69, 9.17) is 145 Å². The summed E-state index contributed by atoms with van der Waals surface area (Å²) in [5, 5.41) is 139. The fourth-order valence-corrected chi connectivity index (χ4v) is 21.3. The van der Waals surface area contributed by atoms with Crippen LogP contribution in [0.1, 0.15) is 159 Å². The maximum absolute atomic E-state index is 12.8. The summed E-state index contributed by atoms with van der Waals surface area (Å²) in [5.74, 6) is -5.26. The Morgan fingerprint density at radius 3 is 0.900 bits per heavy atom. The Labute approximate surface area is 926 Å². The van der Waals surface area contributed by atoms with E-state index in [2.05, 4.69) is 95.7 Å². The number of carboxylic acids is 5. The van der Waals surface area contributed by atoms with Crippen LogP contribution in [0.5, 0.6) is 28.7 Å². The van der Waals surface area contributed by atoms with Gasteiger partial charge in [-0.25, -0.2) is 0 Å². The Balaban J connectivity index is 0.000000178. The van der Waals surface area contributed by atoms with Crippen LogP contribution >= 0.6 is 153 Å². The number of aryl methyl sites for hydroxylation is 2. The Bertz CT molecular complexity index is 6790. The highest BCUT2D eigenvalue weighted by Crippen LogP contribution is 2.45. The number of hydrogen-bond acceptors (Lipinski definition) is 25. The van der Waals surface area contributed by atoms with E-state index < -0.39 is 41.6 Å². The number of hydrogen-bond donors (Lipinski definition) is 15. The number of carboxylic acid groups (broad SMARTS) is 5. The number of piperidine rings is 5. The molecule has 15 N–H and O–H groups in total. The summed E-state index contributed by atoms with van der Waals surface area (Å²) in [4.78, 5) is 67.0. The fourth-order valence-electron chi connectivity index (χ4n) is 16.4. The predicted molar refractivity (Wildman–Crippen MR) is 603 cm³/mol. The van der Waals surface area contributed by atoms with Gasteiger partial charge in [0, 0.05) is 112 Å². The van der Waals surface area contributed by atoms with Crippen LogP contribution in [-0.2, 0) is 49.7 Å². The minimum atomic E-state index is -4.45. The largest absolute Gasteiger partial charge is 0.506 e. The zero-order valence-corrected chi connectivity index (χ0v) is 93.0. The second-order valence-corrected chi connectivity index (χ2v) is 43.2. The Hall–Kier alpha value is -12.0. The molecule has 10 heterocycles. The Kier molecular flexibility index (Phi) is 42.0. The van der Waals surface area contributed by atoms with Crippen molar-refractivity contribution < 1.29 is 88.2 Å². The quantitative estimate of drug-likeness (QED) is 0.0191. The number of halogens is 8. The number of thiophene rings is 3. The third kappa shape index (κ3) is 31.2. The molecule has 0 saturated carbocycles. The van der Waals surface area contributed by atoms with Gasteiger partial charge in [-0.05, 0) is 236 Å². The van der Waals surface area contributed by atoms with E-state index in [1.807, 2.05) is 71.8 Å². The van der Waals surface area contributed by atoms with E-state index in [1.54, 1.807) is 90.3 Å². The second kappa shape index (κ2) is 53.3. The standard InChI is InChI=1S/C23H29N3O3S2.C20H22F3N5O3S.C19H21Cl2N5O3S.C19H19Cl2N3O3S2.C19H20ClN3O3S2/c1-14(24-25-22(30)26-11-9-16(10-12-26)21(28)29)18-13-31-20(19(18)27)15-5-7-17(8-6-15)23(2,3)4;1-11(24-25-19(32)28-9-7-13(8-10-28)18(30)31)15-17(29)16(27(2)26-15)12-3-5-14(6-4-12)20(21,22)23;1-10(22-23-19(30)26-7-5-11(6-8-26)18(28)29)15-17(27)16(25(2)24-15)12-3-4-13(20)14(21)9-12;1-10(22-23-19(28)24-6-4-11(5-7-24)18(26)27)13-9-29-17(16(13)25)12-2-3-14(20)15(21)8-12;1-11(21-22-19(27)23-7-5-12(6-8-23)18(25)26)15-10-28-17(16(15)24)13-3-2-4-14(20)9-13/h5-8,13,16,27H,9-12H2,1-4H3,(H,25,30)(H,28,29);3-6,13,29H,7-10H2,1-2H3,(H,25,32)(H,30,31);3-4,9,11,27H,5-8H2,1-2H3,(H,23,30)(H,28,29);2-3,8-9,11,25H,4-7H2,1H3,(H,23,28)(H,26,27);2-4,9-10,12,24H,5-8H2,1H3,(H,22,27)(H,25,26)/b24-14+;24-11+;2*22-10+;21-11+. The van der Waals surface area contributed by atoms with Crippen LogP contribution in [0.3, 0.4) is 0 Å². The number of rotatable bonds is 20. The maximum atomic E-state index is 12.8. The van der Waals surface area contributed by atoms with Gasteiger partial charge in [0.2, 0.25) is 0 Å². The number of aromatic hydroxyl groups is 5. The first-order valence-corrected chi connectivity index (χ1v) is 53.5. The molecule has 5 aromatic carbocycles. The molecule has 5 fully saturated rings. The third-order valence-electron chi connectivity index (χ3n) is 25.4. The molecule has 0 atom stereocenters.